The Morgan fingerprint density at radius 3 is 2.53 bits per heavy atom. The van der Waals surface area contributed by atoms with Gasteiger partial charge in [-0.25, -0.2) is 5.90 Å². The SMILES string of the molecule is CC(C)(CON)NC(=O)Cc1ccc(Cl)cc1. The molecule has 5 heteroatoms. The van der Waals surface area contributed by atoms with Crippen LogP contribution in [0.5, 0.6) is 0 Å². The Hall–Kier alpha value is -1.10. The van der Waals surface area contributed by atoms with Gasteiger partial charge in [0.25, 0.3) is 0 Å². The van der Waals surface area contributed by atoms with E-state index >= 15 is 0 Å². The minimum absolute atomic E-state index is 0.0747. The number of carbonyl (C=O) groups is 1. The summed E-state index contributed by atoms with van der Waals surface area (Å²) in [6, 6.07) is 7.18. The first-order valence-corrected chi connectivity index (χ1v) is 5.68. The number of hydrogen-bond donors (Lipinski definition) is 2. The van der Waals surface area contributed by atoms with Gasteiger partial charge in [-0.05, 0) is 31.5 Å². The molecule has 0 fully saturated rings. The van der Waals surface area contributed by atoms with Crippen molar-refractivity contribution in [3.8, 4) is 0 Å². The first kappa shape index (κ1) is 14.0. The van der Waals surface area contributed by atoms with Crippen molar-refractivity contribution in [3.63, 3.8) is 0 Å². The van der Waals surface area contributed by atoms with Crippen LogP contribution in [0.3, 0.4) is 0 Å². The van der Waals surface area contributed by atoms with Crippen LogP contribution in [0.1, 0.15) is 19.4 Å². The predicted octanol–water partition coefficient (Wildman–Crippen LogP) is 1.67. The van der Waals surface area contributed by atoms with Gasteiger partial charge in [0, 0.05) is 5.02 Å². The molecular formula is C12H17ClN2O2. The molecule has 0 aromatic heterocycles. The highest BCUT2D eigenvalue weighted by atomic mass is 35.5. The van der Waals surface area contributed by atoms with Crippen LogP contribution in [0, 0.1) is 0 Å². The van der Waals surface area contributed by atoms with E-state index in [1.54, 1.807) is 12.1 Å². The van der Waals surface area contributed by atoms with E-state index in [1.807, 2.05) is 26.0 Å². The first-order valence-electron chi connectivity index (χ1n) is 5.30. The Bertz CT molecular complexity index is 377. The molecule has 17 heavy (non-hydrogen) atoms. The summed E-state index contributed by atoms with van der Waals surface area (Å²) in [6.07, 6.45) is 0.311. The molecule has 0 bridgehead atoms. The molecule has 0 aliphatic heterocycles. The molecule has 0 saturated carbocycles. The Morgan fingerprint density at radius 2 is 2.00 bits per heavy atom. The molecule has 0 radical (unpaired) electrons. The van der Waals surface area contributed by atoms with Gasteiger partial charge in [0.1, 0.15) is 0 Å². The van der Waals surface area contributed by atoms with Crippen molar-refractivity contribution in [1.29, 1.82) is 0 Å². The van der Waals surface area contributed by atoms with Gasteiger partial charge < -0.3 is 10.2 Å². The van der Waals surface area contributed by atoms with Gasteiger partial charge in [-0.15, -0.1) is 0 Å². The van der Waals surface area contributed by atoms with E-state index in [9.17, 15) is 4.79 Å². The van der Waals surface area contributed by atoms with E-state index in [-0.39, 0.29) is 12.5 Å². The zero-order chi connectivity index (χ0) is 12.9. The topological polar surface area (TPSA) is 64.3 Å². The van der Waals surface area contributed by atoms with Gasteiger partial charge >= 0.3 is 0 Å². The minimum Gasteiger partial charge on any atom is -0.349 e. The number of rotatable bonds is 5. The van der Waals surface area contributed by atoms with E-state index in [1.165, 1.54) is 0 Å². The van der Waals surface area contributed by atoms with Crippen molar-refractivity contribution in [1.82, 2.24) is 5.32 Å². The molecule has 1 aromatic rings. The molecule has 0 atom stereocenters. The number of benzene rings is 1. The number of carbonyl (C=O) groups excluding carboxylic acids is 1. The normalized spacial score (nSPS) is 11.3. The van der Waals surface area contributed by atoms with Crippen LogP contribution in [0.4, 0.5) is 0 Å². The first-order chi connectivity index (χ1) is 7.93. The number of nitrogens with two attached hydrogens (primary N) is 1. The average molecular weight is 257 g/mol. The lowest BCUT2D eigenvalue weighted by Gasteiger charge is -2.24. The van der Waals surface area contributed by atoms with Gasteiger partial charge in [0.15, 0.2) is 0 Å². The summed E-state index contributed by atoms with van der Waals surface area (Å²) < 4.78 is 0. The molecule has 1 rings (SSSR count). The third-order valence-corrected chi connectivity index (χ3v) is 2.45. The maximum Gasteiger partial charge on any atom is 0.224 e. The molecule has 1 amide bonds. The molecular weight excluding hydrogens is 240 g/mol. The Labute approximate surface area is 106 Å². The lowest BCUT2D eigenvalue weighted by Crippen LogP contribution is -2.48. The van der Waals surface area contributed by atoms with Crippen LogP contribution < -0.4 is 11.2 Å². The molecule has 0 unspecified atom stereocenters. The molecule has 0 aliphatic rings. The highest BCUT2D eigenvalue weighted by Gasteiger charge is 2.20. The molecule has 4 nitrogen and oxygen atoms in total. The zero-order valence-electron chi connectivity index (χ0n) is 10.00. The lowest BCUT2D eigenvalue weighted by atomic mass is 10.1. The van der Waals surface area contributed by atoms with E-state index in [0.29, 0.717) is 11.4 Å². The van der Waals surface area contributed by atoms with E-state index in [0.717, 1.165) is 5.56 Å². The van der Waals surface area contributed by atoms with Crippen LogP contribution in [0.2, 0.25) is 5.02 Å². The highest BCUT2D eigenvalue weighted by Crippen LogP contribution is 2.10. The van der Waals surface area contributed by atoms with Crippen LogP contribution in [0.15, 0.2) is 24.3 Å². The molecule has 94 valence electrons. The smallest absolute Gasteiger partial charge is 0.224 e. The minimum atomic E-state index is -0.474. The van der Waals surface area contributed by atoms with Crippen LogP contribution in [0.25, 0.3) is 0 Å². The van der Waals surface area contributed by atoms with Crippen molar-refractivity contribution in [2.24, 2.45) is 5.90 Å². The van der Waals surface area contributed by atoms with Gasteiger partial charge in [-0.2, -0.15) is 0 Å². The van der Waals surface area contributed by atoms with Gasteiger partial charge in [0.2, 0.25) is 5.91 Å². The molecule has 0 heterocycles. The number of hydrogen-bond acceptors (Lipinski definition) is 3. The summed E-state index contributed by atoms with van der Waals surface area (Å²) in [4.78, 5) is 16.3. The summed E-state index contributed by atoms with van der Waals surface area (Å²) in [5, 5.41) is 3.50. The number of halogens is 1. The largest absolute Gasteiger partial charge is 0.349 e. The summed E-state index contributed by atoms with van der Waals surface area (Å²) in [5.74, 6) is 4.92. The number of nitrogens with one attached hydrogen (secondary N) is 1. The quantitative estimate of drug-likeness (QED) is 0.788. The second kappa shape index (κ2) is 6.00. The average Bonchev–Trinajstić information content (AvgIpc) is 2.20. The Morgan fingerprint density at radius 1 is 1.41 bits per heavy atom. The monoisotopic (exact) mass is 256 g/mol. The standard InChI is InChI=1S/C12H17ClN2O2/c1-12(2,8-17-14)15-11(16)7-9-3-5-10(13)6-4-9/h3-6H,7-8,14H2,1-2H3,(H,15,16). The summed E-state index contributed by atoms with van der Waals surface area (Å²) >= 11 is 5.76. The van der Waals surface area contributed by atoms with E-state index in [2.05, 4.69) is 10.2 Å². The second-order valence-electron chi connectivity index (χ2n) is 4.55. The molecule has 0 spiro atoms. The Balaban J connectivity index is 2.52. The molecule has 0 aliphatic carbocycles. The fourth-order valence-electron chi connectivity index (χ4n) is 1.45. The maximum absolute atomic E-state index is 11.7. The third kappa shape index (κ3) is 5.17. The highest BCUT2D eigenvalue weighted by molar-refractivity contribution is 6.30. The predicted molar refractivity (Wildman–Crippen MR) is 67.5 cm³/mol. The van der Waals surface area contributed by atoms with Crippen molar-refractivity contribution in [2.75, 3.05) is 6.61 Å². The third-order valence-electron chi connectivity index (χ3n) is 2.20. The fraction of sp³-hybridized carbons (Fsp3) is 0.417. The lowest BCUT2D eigenvalue weighted by molar-refractivity contribution is -0.122. The van der Waals surface area contributed by atoms with Crippen molar-refractivity contribution in [3.05, 3.63) is 34.9 Å². The fourth-order valence-corrected chi connectivity index (χ4v) is 1.58. The van der Waals surface area contributed by atoms with Crippen molar-refractivity contribution >= 4 is 17.5 Å². The van der Waals surface area contributed by atoms with Crippen molar-refractivity contribution in [2.45, 2.75) is 25.8 Å². The van der Waals surface area contributed by atoms with Gasteiger partial charge in [-0.1, -0.05) is 23.7 Å². The van der Waals surface area contributed by atoms with Gasteiger partial charge in [-0.3, -0.25) is 4.79 Å². The zero-order valence-corrected chi connectivity index (χ0v) is 10.8. The number of amides is 1. The van der Waals surface area contributed by atoms with Gasteiger partial charge in [0.05, 0.1) is 18.6 Å². The van der Waals surface area contributed by atoms with Crippen LogP contribution in [-0.4, -0.2) is 18.1 Å². The second-order valence-corrected chi connectivity index (χ2v) is 4.98. The maximum atomic E-state index is 11.7. The summed E-state index contributed by atoms with van der Waals surface area (Å²) in [5.41, 5.74) is 0.439. The summed E-state index contributed by atoms with van der Waals surface area (Å²) in [6.45, 7) is 3.96. The van der Waals surface area contributed by atoms with Crippen LogP contribution in [-0.2, 0) is 16.1 Å². The van der Waals surface area contributed by atoms with E-state index in [4.69, 9.17) is 17.5 Å². The van der Waals surface area contributed by atoms with E-state index < -0.39 is 5.54 Å². The summed E-state index contributed by atoms with van der Waals surface area (Å²) in [7, 11) is 0. The molecule has 3 N–H and O–H groups in total. The Kier molecular flexibility index (Phi) is 4.93. The van der Waals surface area contributed by atoms with Crippen LogP contribution >= 0.6 is 11.6 Å². The molecule has 0 saturated heterocycles. The molecule has 1 aromatic carbocycles. The van der Waals surface area contributed by atoms with Crippen molar-refractivity contribution < 1.29 is 9.63 Å².